The van der Waals surface area contributed by atoms with Gasteiger partial charge in [-0.05, 0) is 50.3 Å². The number of benzene rings is 1. The first kappa shape index (κ1) is 14.7. The molecule has 3 heteroatoms. The third kappa shape index (κ3) is 3.84. The van der Waals surface area contributed by atoms with E-state index in [1.54, 1.807) is 0 Å². The Kier molecular flexibility index (Phi) is 5.35. The molecule has 0 spiro atoms. The summed E-state index contributed by atoms with van der Waals surface area (Å²) < 4.78 is 4.62. The summed E-state index contributed by atoms with van der Waals surface area (Å²) in [6.07, 6.45) is 2.01. The molecule has 0 fully saturated rings. The standard InChI is InChI=1S/C15H23NO2/c1-10-8-11(2)15(12(3)9-10)13(16)6-5-7-14(17)18-4/h8-9,13H,5-7,16H2,1-4H3. The van der Waals surface area contributed by atoms with Crippen molar-refractivity contribution >= 4 is 5.97 Å². The van der Waals surface area contributed by atoms with E-state index < -0.39 is 0 Å². The van der Waals surface area contributed by atoms with Gasteiger partial charge in [0, 0.05) is 12.5 Å². The normalized spacial score (nSPS) is 12.3. The minimum absolute atomic E-state index is 0.00439. The van der Waals surface area contributed by atoms with Gasteiger partial charge in [0.1, 0.15) is 0 Å². The third-order valence-corrected chi connectivity index (χ3v) is 3.23. The molecule has 100 valence electrons. The Labute approximate surface area is 109 Å². The van der Waals surface area contributed by atoms with Crippen molar-refractivity contribution in [1.82, 2.24) is 0 Å². The molecular weight excluding hydrogens is 226 g/mol. The van der Waals surface area contributed by atoms with Gasteiger partial charge in [0.25, 0.3) is 0 Å². The number of carbonyl (C=O) groups excluding carboxylic acids is 1. The third-order valence-electron chi connectivity index (χ3n) is 3.23. The molecule has 1 unspecified atom stereocenters. The number of methoxy groups -OCH3 is 1. The van der Waals surface area contributed by atoms with E-state index in [4.69, 9.17) is 5.73 Å². The Morgan fingerprint density at radius 2 is 1.83 bits per heavy atom. The number of esters is 1. The Balaban J connectivity index is 2.67. The second-order valence-corrected chi connectivity index (χ2v) is 4.89. The van der Waals surface area contributed by atoms with Crippen LogP contribution in [0.25, 0.3) is 0 Å². The highest BCUT2D eigenvalue weighted by Crippen LogP contribution is 2.25. The second-order valence-electron chi connectivity index (χ2n) is 4.89. The van der Waals surface area contributed by atoms with Gasteiger partial charge in [-0.3, -0.25) is 4.79 Å². The summed E-state index contributed by atoms with van der Waals surface area (Å²) in [5.41, 5.74) is 11.2. The van der Waals surface area contributed by atoms with E-state index in [-0.39, 0.29) is 12.0 Å². The highest BCUT2D eigenvalue weighted by Gasteiger charge is 2.13. The fourth-order valence-corrected chi connectivity index (χ4v) is 2.49. The zero-order valence-corrected chi connectivity index (χ0v) is 11.7. The summed E-state index contributed by atoms with van der Waals surface area (Å²) in [6, 6.07) is 4.31. The fourth-order valence-electron chi connectivity index (χ4n) is 2.49. The Morgan fingerprint density at radius 1 is 1.28 bits per heavy atom. The molecule has 1 aromatic rings. The number of hydrogen-bond donors (Lipinski definition) is 1. The van der Waals surface area contributed by atoms with Gasteiger partial charge < -0.3 is 10.5 Å². The molecule has 1 rings (SSSR count). The van der Waals surface area contributed by atoms with Gasteiger partial charge >= 0.3 is 5.97 Å². The van der Waals surface area contributed by atoms with Crippen LogP contribution < -0.4 is 5.73 Å². The van der Waals surface area contributed by atoms with Gasteiger partial charge in [0.05, 0.1) is 7.11 Å². The first-order chi connectivity index (χ1) is 8.45. The van der Waals surface area contributed by atoms with Gasteiger partial charge in [-0.25, -0.2) is 0 Å². The van der Waals surface area contributed by atoms with E-state index in [0.717, 1.165) is 12.8 Å². The molecule has 0 aromatic heterocycles. The first-order valence-electron chi connectivity index (χ1n) is 6.36. The van der Waals surface area contributed by atoms with E-state index in [0.29, 0.717) is 6.42 Å². The molecule has 1 aromatic carbocycles. The number of aryl methyl sites for hydroxylation is 3. The maximum atomic E-state index is 11.0. The van der Waals surface area contributed by atoms with Crippen molar-refractivity contribution in [3.8, 4) is 0 Å². The maximum Gasteiger partial charge on any atom is 0.305 e. The summed E-state index contributed by atoms with van der Waals surface area (Å²) >= 11 is 0. The number of nitrogens with two attached hydrogens (primary N) is 1. The van der Waals surface area contributed by atoms with Crippen LogP contribution in [0.1, 0.15) is 47.6 Å². The average Bonchev–Trinajstić information content (AvgIpc) is 2.27. The lowest BCUT2D eigenvalue weighted by Gasteiger charge is -2.18. The van der Waals surface area contributed by atoms with Crippen LogP contribution in [0.2, 0.25) is 0 Å². The predicted molar refractivity (Wildman–Crippen MR) is 73.4 cm³/mol. The van der Waals surface area contributed by atoms with Crippen molar-refractivity contribution in [2.45, 2.75) is 46.1 Å². The molecule has 1 atom stereocenters. The molecule has 0 aliphatic heterocycles. The first-order valence-corrected chi connectivity index (χ1v) is 6.36. The van der Waals surface area contributed by atoms with Gasteiger partial charge in [0.2, 0.25) is 0 Å². The van der Waals surface area contributed by atoms with Crippen LogP contribution in [0.3, 0.4) is 0 Å². The molecule has 0 bridgehead atoms. The number of hydrogen-bond acceptors (Lipinski definition) is 3. The second kappa shape index (κ2) is 6.55. The van der Waals surface area contributed by atoms with Crippen molar-refractivity contribution < 1.29 is 9.53 Å². The highest BCUT2D eigenvalue weighted by molar-refractivity contribution is 5.69. The number of ether oxygens (including phenoxy) is 1. The van der Waals surface area contributed by atoms with Gasteiger partial charge in [-0.2, -0.15) is 0 Å². The van der Waals surface area contributed by atoms with E-state index in [1.165, 1.54) is 29.4 Å². The van der Waals surface area contributed by atoms with Crippen LogP contribution in [-0.2, 0) is 9.53 Å². The number of carbonyl (C=O) groups is 1. The number of rotatable bonds is 5. The predicted octanol–water partition coefficient (Wildman–Crippen LogP) is 2.95. The van der Waals surface area contributed by atoms with Crippen LogP contribution in [-0.4, -0.2) is 13.1 Å². The molecule has 0 heterocycles. The Bertz CT molecular complexity index is 403. The maximum absolute atomic E-state index is 11.0. The molecular formula is C15H23NO2. The van der Waals surface area contributed by atoms with Crippen molar-refractivity contribution in [2.75, 3.05) is 7.11 Å². The zero-order valence-electron chi connectivity index (χ0n) is 11.7. The Hall–Kier alpha value is -1.35. The lowest BCUT2D eigenvalue weighted by atomic mass is 9.92. The molecule has 0 amide bonds. The Morgan fingerprint density at radius 3 is 2.33 bits per heavy atom. The minimum Gasteiger partial charge on any atom is -0.469 e. The van der Waals surface area contributed by atoms with Gasteiger partial charge in [0.15, 0.2) is 0 Å². The average molecular weight is 249 g/mol. The fraction of sp³-hybridized carbons (Fsp3) is 0.533. The largest absolute Gasteiger partial charge is 0.469 e. The van der Waals surface area contributed by atoms with E-state index in [9.17, 15) is 4.79 Å². The van der Waals surface area contributed by atoms with E-state index in [2.05, 4.69) is 37.6 Å². The van der Waals surface area contributed by atoms with Crippen LogP contribution >= 0.6 is 0 Å². The molecule has 2 N–H and O–H groups in total. The molecule has 3 nitrogen and oxygen atoms in total. The van der Waals surface area contributed by atoms with Crippen LogP contribution in [0.15, 0.2) is 12.1 Å². The van der Waals surface area contributed by atoms with Crippen molar-refractivity contribution in [2.24, 2.45) is 5.73 Å². The van der Waals surface area contributed by atoms with Crippen LogP contribution in [0, 0.1) is 20.8 Å². The quantitative estimate of drug-likeness (QED) is 0.816. The molecule has 0 aliphatic rings. The zero-order chi connectivity index (χ0) is 13.7. The monoisotopic (exact) mass is 249 g/mol. The molecule has 0 aliphatic carbocycles. The summed E-state index contributed by atoms with van der Waals surface area (Å²) in [5.74, 6) is -0.167. The van der Waals surface area contributed by atoms with Crippen molar-refractivity contribution in [3.05, 3.63) is 34.4 Å². The summed E-state index contributed by atoms with van der Waals surface area (Å²) in [7, 11) is 1.41. The SMILES string of the molecule is COC(=O)CCCC(N)c1c(C)cc(C)cc1C. The molecule has 0 saturated heterocycles. The van der Waals surface area contributed by atoms with Crippen LogP contribution in [0.4, 0.5) is 0 Å². The topological polar surface area (TPSA) is 52.3 Å². The lowest BCUT2D eigenvalue weighted by molar-refractivity contribution is -0.140. The van der Waals surface area contributed by atoms with E-state index in [1.807, 2.05) is 0 Å². The van der Waals surface area contributed by atoms with Crippen LogP contribution in [0.5, 0.6) is 0 Å². The van der Waals surface area contributed by atoms with Crippen molar-refractivity contribution in [3.63, 3.8) is 0 Å². The molecule has 0 radical (unpaired) electrons. The summed E-state index contributed by atoms with van der Waals surface area (Å²) in [5, 5.41) is 0. The summed E-state index contributed by atoms with van der Waals surface area (Å²) in [6.45, 7) is 6.28. The van der Waals surface area contributed by atoms with E-state index >= 15 is 0 Å². The summed E-state index contributed by atoms with van der Waals surface area (Å²) in [4.78, 5) is 11.0. The van der Waals surface area contributed by atoms with Crippen molar-refractivity contribution in [1.29, 1.82) is 0 Å². The highest BCUT2D eigenvalue weighted by atomic mass is 16.5. The molecule has 0 saturated carbocycles. The molecule has 18 heavy (non-hydrogen) atoms. The van der Waals surface area contributed by atoms with Gasteiger partial charge in [-0.1, -0.05) is 17.7 Å². The smallest absolute Gasteiger partial charge is 0.305 e. The minimum atomic E-state index is -0.167. The van der Waals surface area contributed by atoms with Gasteiger partial charge in [-0.15, -0.1) is 0 Å². The lowest BCUT2D eigenvalue weighted by Crippen LogP contribution is -2.14.